The number of hydrogen-bond acceptors (Lipinski definition) is 16. The minimum absolute atomic E-state index is 0.0351. The molecule has 0 atom stereocenters. The summed E-state index contributed by atoms with van der Waals surface area (Å²) in [5.74, 6) is -0.486. The van der Waals surface area contributed by atoms with E-state index in [1.54, 1.807) is 60.7 Å². The van der Waals surface area contributed by atoms with Crippen LogP contribution in [0.4, 0.5) is 10.6 Å². The van der Waals surface area contributed by atoms with Gasteiger partial charge in [0.25, 0.3) is 15.9 Å². The summed E-state index contributed by atoms with van der Waals surface area (Å²) >= 11 is 0. The maximum Gasteiger partial charge on any atom is 0.510 e. The van der Waals surface area contributed by atoms with Crippen molar-refractivity contribution in [3.8, 4) is 34.8 Å². The molecule has 4 aromatic rings. The highest BCUT2D eigenvalue weighted by atomic mass is 32.2. The van der Waals surface area contributed by atoms with Crippen molar-refractivity contribution in [1.29, 1.82) is 0 Å². The molecule has 0 radical (unpaired) electrons. The molecular formula is C30H32N6O11S. The van der Waals surface area contributed by atoms with Gasteiger partial charge in [-0.15, -0.1) is 0 Å². The van der Waals surface area contributed by atoms with E-state index in [1.807, 2.05) is 0 Å². The van der Waals surface area contributed by atoms with E-state index in [0.717, 1.165) is 5.41 Å². The van der Waals surface area contributed by atoms with Gasteiger partial charge in [0.15, 0.2) is 29.9 Å². The van der Waals surface area contributed by atoms with Crippen molar-refractivity contribution in [2.24, 2.45) is 0 Å². The van der Waals surface area contributed by atoms with Crippen molar-refractivity contribution in [2.45, 2.75) is 12.8 Å². The third-order valence-electron chi connectivity index (χ3n) is 6.10. The first kappa shape index (κ1) is 35.5. The quantitative estimate of drug-likeness (QED) is 0.0682. The number of benzene rings is 2. The molecule has 0 fully saturated rings. The van der Waals surface area contributed by atoms with Crippen LogP contribution in [0.3, 0.4) is 0 Å². The molecule has 0 aliphatic heterocycles. The molecule has 0 aliphatic rings. The molecule has 0 unspecified atom stereocenters. The number of carbonyl (C=O) groups excluding carboxylic acids is 1. The SMILES string of the molecule is COc1ccccc1Oc1c(OC)nc(-c2ncccn2)nc1N(COC(=O)OCCCCON(O)O)S(=O)(=O)/C=C/c1ccccc1. The van der Waals surface area contributed by atoms with E-state index in [-0.39, 0.29) is 48.7 Å². The lowest BCUT2D eigenvalue weighted by atomic mass is 10.2. The second-order valence-electron chi connectivity index (χ2n) is 9.31. The van der Waals surface area contributed by atoms with Gasteiger partial charge in [-0.25, -0.2) is 32.5 Å². The Bertz CT molecular complexity index is 1760. The lowest BCUT2D eigenvalue weighted by Crippen LogP contribution is -2.34. The van der Waals surface area contributed by atoms with Crippen LogP contribution in [0.15, 0.2) is 78.5 Å². The number of unbranched alkanes of at least 4 members (excludes halogenated alkanes) is 1. The fraction of sp³-hybridized carbons (Fsp3) is 0.233. The second kappa shape index (κ2) is 17.5. The monoisotopic (exact) mass is 684 g/mol. The maximum absolute atomic E-state index is 14.0. The molecule has 0 saturated heterocycles. The number of aromatic nitrogens is 4. The lowest BCUT2D eigenvalue weighted by molar-refractivity contribution is -0.492. The van der Waals surface area contributed by atoms with E-state index in [1.165, 1.54) is 32.7 Å². The molecule has 2 N–H and O–H groups in total. The molecule has 4 rings (SSSR count). The van der Waals surface area contributed by atoms with Gasteiger partial charge in [0.2, 0.25) is 11.6 Å². The Balaban J connectivity index is 1.76. The number of para-hydroxylation sites is 2. The summed E-state index contributed by atoms with van der Waals surface area (Å²) in [7, 11) is -1.79. The molecule has 2 heterocycles. The van der Waals surface area contributed by atoms with Gasteiger partial charge >= 0.3 is 6.16 Å². The average Bonchev–Trinajstić information content (AvgIpc) is 3.10. The Morgan fingerprint density at radius 2 is 1.52 bits per heavy atom. The van der Waals surface area contributed by atoms with Gasteiger partial charge in [0.1, 0.15) is 0 Å². The summed E-state index contributed by atoms with van der Waals surface area (Å²) < 4.78 is 56.0. The Morgan fingerprint density at radius 1 is 0.833 bits per heavy atom. The Hall–Kier alpha value is -5.40. The predicted molar refractivity (Wildman–Crippen MR) is 167 cm³/mol. The second-order valence-corrected chi connectivity index (χ2v) is 11.0. The van der Waals surface area contributed by atoms with E-state index in [4.69, 9.17) is 34.1 Å². The summed E-state index contributed by atoms with van der Waals surface area (Å²) in [6, 6.07) is 16.8. The highest BCUT2D eigenvalue weighted by Gasteiger charge is 2.32. The number of rotatable bonds is 17. The summed E-state index contributed by atoms with van der Waals surface area (Å²) in [4.78, 5) is 34.2. The number of ether oxygens (including phenoxy) is 5. The number of hydrogen-bond donors (Lipinski definition) is 2. The van der Waals surface area contributed by atoms with E-state index in [0.29, 0.717) is 22.0 Å². The molecule has 18 heteroatoms. The molecule has 17 nitrogen and oxygen atoms in total. The molecule has 0 saturated carbocycles. The van der Waals surface area contributed by atoms with Crippen LogP contribution in [0.2, 0.25) is 0 Å². The van der Waals surface area contributed by atoms with Gasteiger partial charge in [0, 0.05) is 12.4 Å². The first-order valence-corrected chi connectivity index (χ1v) is 15.6. The number of carbonyl (C=O) groups is 1. The molecule has 2 aromatic carbocycles. The van der Waals surface area contributed by atoms with Crippen LogP contribution in [0.1, 0.15) is 18.4 Å². The zero-order valence-corrected chi connectivity index (χ0v) is 26.6. The highest BCUT2D eigenvalue weighted by Crippen LogP contribution is 2.43. The van der Waals surface area contributed by atoms with Crippen LogP contribution in [0.25, 0.3) is 17.7 Å². The summed E-state index contributed by atoms with van der Waals surface area (Å²) in [6.07, 6.45) is 3.61. The lowest BCUT2D eigenvalue weighted by Gasteiger charge is -2.24. The van der Waals surface area contributed by atoms with E-state index >= 15 is 0 Å². The fourth-order valence-electron chi connectivity index (χ4n) is 3.86. The van der Waals surface area contributed by atoms with Crippen molar-refractivity contribution in [1.82, 2.24) is 25.3 Å². The van der Waals surface area contributed by atoms with Crippen LogP contribution in [0.5, 0.6) is 23.1 Å². The van der Waals surface area contributed by atoms with Gasteiger partial charge in [-0.2, -0.15) is 4.98 Å². The Morgan fingerprint density at radius 3 is 2.21 bits per heavy atom. The Kier molecular flexibility index (Phi) is 12.9. The van der Waals surface area contributed by atoms with Crippen molar-refractivity contribution in [3.05, 3.63) is 84.0 Å². The molecule has 48 heavy (non-hydrogen) atoms. The Labute approximate surface area is 275 Å². The molecule has 0 amide bonds. The van der Waals surface area contributed by atoms with Crippen molar-refractivity contribution in [2.75, 3.05) is 38.5 Å². The largest absolute Gasteiger partial charge is 0.510 e. The third-order valence-corrected chi connectivity index (χ3v) is 7.47. The van der Waals surface area contributed by atoms with E-state index in [9.17, 15) is 13.2 Å². The predicted octanol–water partition coefficient (Wildman–Crippen LogP) is 4.45. The smallest absolute Gasteiger partial charge is 0.493 e. The minimum atomic E-state index is -4.51. The molecule has 254 valence electrons. The van der Waals surface area contributed by atoms with Crippen LogP contribution in [-0.2, 0) is 24.3 Å². The van der Waals surface area contributed by atoms with Gasteiger partial charge in [-0.3, -0.25) is 15.3 Å². The average molecular weight is 685 g/mol. The van der Waals surface area contributed by atoms with Crippen LogP contribution in [0, 0.1) is 0 Å². The zero-order valence-electron chi connectivity index (χ0n) is 25.8. The van der Waals surface area contributed by atoms with Crippen molar-refractivity contribution in [3.63, 3.8) is 0 Å². The topological polar surface area (TPSA) is 205 Å². The van der Waals surface area contributed by atoms with Gasteiger partial charge in [-0.1, -0.05) is 42.5 Å². The van der Waals surface area contributed by atoms with E-state index < -0.39 is 34.1 Å². The summed E-state index contributed by atoms with van der Waals surface area (Å²) in [6.45, 7) is -1.13. The zero-order chi connectivity index (χ0) is 34.4. The first-order valence-electron chi connectivity index (χ1n) is 14.1. The van der Waals surface area contributed by atoms with Crippen molar-refractivity contribution < 1.29 is 52.1 Å². The minimum Gasteiger partial charge on any atom is -0.493 e. The van der Waals surface area contributed by atoms with Crippen LogP contribution in [-0.4, -0.2) is 84.5 Å². The molecular weight excluding hydrogens is 652 g/mol. The summed E-state index contributed by atoms with van der Waals surface area (Å²) in [5.41, 5.74) is 0.569. The number of sulfonamides is 1. The molecule has 0 spiro atoms. The van der Waals surface area contributed by atoms with Gasteiger partial charge in [0.05, 0.1) is 38.2 Å². The highest BCUT2D eigenvalue weighted by molar-refractivity contribution is 7.95. The summed E-state index contributed by atoms with van der Waals surface area (Å²) in [5, 5.41) is 17.7. The fourth-order valence-corrected chi connectivity index (χ4v) is 4.90. The van der Waals surface area contributed by atoms with Gasteiger partial charge < -0.3 is 23.7 Å². The standard InChI is InChI=1S/C30H32N6O11S/c1-42-23-13-6-7-14-24(23)47-25-28(33-27(34-29(25)43-2)26-31-16-10-17-32-26)35(48(40,41)20-15-22-11-4-3-5-12-22)21-45-30(37)44-18-8-9-19-46-36(38)39/h3-7,10-17,20,38-39H,8-9,18-19,21H2,1-2H3/b20-15+. The van der Waals surface area contributed by atoms with Crippen LogP contribution < -0.4 is 18.5 Å². The number of methoxy groups -OCH3 is 2. The molecule has 0 bridgehead atoms. The van der Waals surface area contributed by atoms with E-state index in [2.05, 4.69) is 24.8 Å². The maximum atomic E-state index is 14.0. The molecule has 2 aromatic heterocycles. The normalized spacial score (nSPS) is 11.4. The third kappa shape index (κ3) is 10.0. The van der Waals surface area contributed by atoms with Crippen molar-refractivity contribution >= 4 is 28.1 Å². The first-order chi connectivity index (χ1) is 23.2. The van der Waals surface area contributed by atoms with Gasteiger partial charge in [-0.05, 0) is 42.7 Å². The number of nitrogens with zero attached hydrogens (tertiary/aromatic N) is 6. The molecule has 0 aliphatic carbocycles. The van der Waals surface area contributed by atoms with Crippen LogP contribution >= 0.6 is 0 Å². The number of anilines is 1.